The highest BCUT2D eigenvalue weighted by Gasteiger charge is 1.85. The van der Waals surface area contributed by atoms with Gasteiger partial charge in [0, 0.05) is 18.8 Å². The molecule has 0 aliphatic carbocycles. The first-order chi connectivity index (χ1) is 4.83. The molecule has 1 rings (SSSR count). The Hall–Kier alpha value is -1.25. The van der Waals surface area contributed by atoms with Crippen LogP contribution in [0.3, 0.4) is 0 Å². The zero-order chi connectivity index (χ0) is 7.40. The van der Waals surface area contributed by atoms with Crippen LogP contribution < -0.4 is 10.9 Å². The number of anilines is 1. The second kappa shape index (κ2) is 3.06. The Morgan fingerprint density at radius 2 is 2.40 bits per heavy atom. The van der Waals surface area contributed by atoms with Crippen LogP contribution in [-0.4, -0.2) is 11.5 Å². The molecule has 0 aliphatic heterocycles. The number of aromatic nitrogens is 1. The Labute approximate surface area is 59.1 Å². The van der Waals surface area contributed by atoms with E-state index in [4.69, 9.17) is 0 Å². The lowest BCUT2D eigenvalue weighted by Crippen LogP contribution is -2.04. The molecular formula is C7H10N2O. The molecule has 3 heteroatoms. The minimum atomic E-state index is -0.0679. The first-order valence-electron chi connectivity index (χ1n) is 3.25. The van der Waals surface area contributed by atoms with Crippen molar-refractivity contribution in [2.24, 2.45) is 0 Å². The van der Waals surface area contributed by atoms with Crippen LogP contribution in [0.25, 0.3) is 0 Å². The van der Waals surface area contributed by atoms with Gasteiger partial charge in [0.05, 0.1) is 5.69 Å². The molecule has 0 fully saturated rings. The average Bonchev–Trinajstić information content (AvgIpc) is 1.95. The SMILES string of the molecule is CCNc1ccc(=O)[nH]c1. The van der Waals surface area contributed by atoms with E-state index in [1.807, 2.05) is 6.92 Å². The van der Waals surface area contributed by atoms with Crippen molar-refractivity contribution in [3.05, 3.63) is 28.7 Å². The molecule has 0 radical (unpaired) electrons. The van der Waals surface area contributed by atoms with Gasteiger partial charge in [-0.25, -0.2) is 0 Å². The van der Waals surface area contributed by atoms with Crippen molar-refractivity contribution in [1.82, 2.24) is 4.98 Å². The highest BCUT2D eigenvalue weighted by atomic mass is 16.1. The second-order valence-corrected chi connectivity index (χ2v) is 1.97. The molecular weight excluding hydrogens is 128 g/mol. The van der Waals surface area contributed by atoms with Crippen LogP contribution in [0.2, 0.25) is 0 Å². The fraction of sp³-hybridized carbons (Fsp3) is 0.286. The molecule has 0 amide bonds. The fourth-order valence-corrected chi connectivity index (χ4v) is 0.725. The number of rotatable bonds is 2. The van der Waals surface area contributed by atoms with Gasteiger partial charge in [0.15, 0.2) is 0 Å². The van der Waals surface area contributed by atoms with Gasteiger partial charge in [-0.1, -0.05) is 0 Å². The Morgan fingerprint density at radius 3 is 2.90 bits per heavy atom. The van der Waals surface area contributed by atoms with Crippen molar-refractivity contribution in [2.45, 2.75) is 6.92 Å². The van der Waals surface area contributed by atoms with Crippen LogP contribution in [0, 0.1) is 0 Å². The number of pyridine rings is 1. The molecule has 0 atom stereocenters. The van der Waals surface area contributed by atoms with Gasteiger partial charge < -0.3 is 10.3 Å². The third-order valence-electron chi connectivity index (χ3n) is 1.17. The van der Waals surface area contributed by atoms with Crippen molar-refractivity contribution in [3.63, 3.8) is 0 Å². The maximum Gasteiger partial charge on any atom is 0.248 e. The molecule has 0 aliphatic rings. The van der Waals surface area contributed by atoms with Gasteiger partial charge in [-0.15, -0.1) is 0 Å². The molecule has 0 aromatic carbocycles. The maximum atomic E-state index is 10.5. The number of hydrogen-bond donors (Lipinski definition) is 2. The van der Waals surface area contributed by atoms with Crippen molar-refractivity contribution < 1.29 is 0 Å². The largest absolute Gasteiger partial charge is 0.384 e. The van der Waals surface area contributed by atoms with Crippen LogP contribution in [0.15, 0.2) is 23.1 Å². The Kier molecular flexibility index (Phi) is 2.10. The van der Waals surface area contributed by atoms with E-state index >= 15 is 0 Å². The topological polar surface area (TPSA) is 44.9 Å². The van der Waals surface area contributed by atoms with Gasteiger partial charge in [-0.05, 0) is 13.0 Å². The summed E-state index contributed by atoms with van der Waals surface area (Å²) in [5.74, 6) is 0. The van der Waals surface area contributed by atoms with E-state index in [9.17, 15) is 4.79 Å². The predicted octanol–water partition coefficient (Wildman–Crippen LogP) is 0.807. The Morgan fingerprint density at radius 1 is 1.60 bits per heavy atom. The molecule has 0 saturated heterocycles. The second-order valence-electron chi connectivity index (χ2n) is 1.97. The summed E-state index contributed by atoms with van der Waals surface area (Å²) < 4.78 is 0. The summed E-state index contributed by atoms with van der Waals surface area (Å²) >= 11 is 0. The third kappa shape index (κ3) is 1.62. The molecule has 0 bridgehead atoms. The Bertz CT molecular complexity index is 234. The first-order valence-corrected chi connectivity index (χ1v) is 3.25. The molecule has 0 spiro atoms. The van der Waals surface area contributed by atoms with Gasteiger partial charge in [0.2, 0.25) is 5.56 Å². The summed E-state index contributed by atoms with van der Waals surface area (Å²) in [6, 6.07) is 3.25. The van der Waals surface area contributed by atoms with Gasteiger partial charge in [0.1, 0.15) is 0 Å². The third-order valence-corrected chi connectivity index (χ3v) is 1.17. The highest BCUT2D eigenvalue weighted by Crippen LogP contribution is 1.98. The van der Waals surface area contributed by atoms with Crippen molar-refractivity contribution in [1.29, 1.82) is 0 Å². The zero-order valence-electron chi connectivity index (χ0n) is 5.85. The molecule has 2 N–H and O–H groups in total. The molecule has 0 saturated carbocycles. The molecule has 54 valence electrons. The quantitative estimate of drug-likeness (QED) is 0.635. The molecule has 1 aromatic rings. The Balaban J connectivity index is 2.79. The van der Waals surface area contributed by atoms with Crippen LogP contribution in [0.4, 0.5) is 5.69 Å². The smallest absolute Gasteiger partial charge is 0.248 e. The first kappa shape index (κ1) is 6.86. The van der Waals surface area contributed by atoms with Crippen LogP contribution in [0.5, 0.6) is 0 Å². The van der Waals surface area contributed by atoms with Gasteiger partial charge >= 0.3 is 0 Å². The molecule has 1 heterocycles. The maximum absolute atomic E-state index is 10.5. The summed E-state index contributed by atoms with van der Waals surface area (Å²) in [6.07, 6.45) is 1.66. The van der Waals surface area contributed by atoms with Crippen LogP contribution in [-0.2, 0) is 0 Å². The lowest BCUT2D eigenvalue weighted by molar-refractivity contribution is 1.17. The molecule has 3 nitrogen and oxygen atoms in total. The summed E-state index contributed by atoms with van der Waals surface area (Å²) in [7, 11) is 0. The monoisotopic (exact) mass is 138 g/mol. The average molecular weight is 138 g/mol. The fourth-order valence-electron chi connectivity index (χ4n) is 0.725. The van der Waals surface area contributed by atoms with Gasteiger partial charge in [0.25, 0.3) is 0 Å². The minimum absolute atomic E-state index is 0.0679. The van der Waals surface area contributed by atoms with Crippen LogP contribution >= 0.6 is 0 Å². The molecule has 10 heavy (non-hydrogen) atoms. The van der Waals surface area contributed by atoms with Crippen molar-refractivity contribution >= 4 is 5.69 Å². The van der Waals surface area contributed by atoms with Gasteiger partial charge in [-0.2, -0.15) is 0 Å². The summed E-state index contributed by atoms with van der Waals surface area (Å²) in [5, 5.41) is 3.06. The standard InChI is InChI=1S/C7H10N2O/c1-2-8-6-3-4-7(10)9-5-6/h3-5,8H,2H2,1H3,(H,9,10). The van der Waals surface area contributed by atoms with Gasteiger partial charge in [-0.3, -0.25) is 4.79 Å². The highest BCUT2D eigenvalue weighted by molar-refractivity contribution is 5.39. The van der Waals surface area contributed by atoms with E-state index in [0.29, 0.717) is 0 Å². The van der Waals surface area contributed by atoms with E-state index in [1.165, 1.54) is 6.07 Å². The summed E-state index contributed by atoms with van der Waals surface area (Å²) in [5.41, 5.74) is 0.878. The zero-order valence-corrected chi connectivity index (χ0v) is 5.85. The molecule has 0 unspecified atom stereocenters. The predicted molar refractivity (Wildman–Crippen MR) is 41.2 cm³/mol. The summed E-state index contributed by atoms with van der Waals surface area (Å²) in [6.45, 7) is 2.87. The summed E-state index contributed by atoms with van der Waals surface area (Å²) in [4.78, 5) is 13.1. The van der Waals surface area contributed by atoms with Crippen molar-refractivity contribution in [2.75, 3.05) is 11.9 Å². The van der Waals surface area contributed by atoms with Crippen molar-refractivity contribution in [3.8, 4) is 0 Å². The number of H-pyrrole nitrogens is 1. The lowest BCUT2D eigenvalue weighted by atomic mass is 10.4. The normalized spacial score (nSPS) is 9.30. The van der Waals surface area contributed by atoms with E-state index < -0.39 is 0 Å². The number of hydrogen-bond acceptors (Lipinski definition) is 2. The van der Waals surface area contributed by atoms with E-state index in [2.05, 4.69) is 10.3 Å². The molecule has 1 aromatic heterocycles. The number of aromatic amines is 1. The van der Waals surface area contributed by atoms with E-state index in [0.717, 1.165) is 12.2 Å². The van der Waals surface area contributed by atoms with E-state index in [-0.39, 0.29) is 5.56 Å². The number of nitrogens with one attached hydrogen (secondary N) is 2. The minimum Gasteiger partial charge on any atom is -0.384 e. The van der Waals surface area contributed by atoms with E-state index in [1.54, 1.807) is 12.3 Å². The van der Waals surface area contributed by atoms with Crippen LogP contribution in [0.1, 0.15) is 6.92 Å². The lowest BCUT2D eigenvalue weighted by Gasteiger charge is -1.99.